The molecule has 4 rings (SSSR count). The van der Waals surface area contributed by atoms with Crippen LogP contribution in [0, 0.1) is 5.92 Å². The van der Waals surface area contributed by atoms with Gasteiger partial charge in [0, 0.05) is 17.0 Å². The molecule has 0 saturated heterocycles. The fraction of sp³-hybridized carbons (Fsp3) is 0.292. The molecule has 1 N–H and O–H groups in total. The lowest BCUT2D eigenvalue weighted by Gasteiger charge is -2.31. The zero-order valence-corrected chi connectivity index (χ0v) is 16.5. The summed E-state index contributed by atoms with van der Waals surface area (Å²) in [6.07, 6.45) is -0.846. The van der Waals surface area contributed by atoms with Gasteiger partial charge in [0.25, 0.3) is 5.91 Å². The van der Waals surface area contributed by atoms with E-state index in [0.717, 1.165) is 35.7 Å². The number of rotatable bonds is 5. The van der Waals surface area contributed by atoms with Gasteiger partial charge in [0.2, 0.25) is 0 Å². The first-order valence-electron chi connectivity index (χ1n) is 10.00. The molecule has 0 radical (unpaired) electrons. The Morgan fingerprint density at radius 2 is 1.80 bits per heavy atom. The summed E-state index contributed by atoms with van der Waals surface area (Å²) in [5.41, 5.74) is -0.153. The molecule has 1 fully saturated rings. The van der Waals surface area contributed by atoms with Crippen LogP contribution in [0.5, 0.6) is 11.5 Å². The summed E-state index contributed by atoms with van der Waals surface area (Å²) in [6.45, 7) is 2.04. The number of alkyl halides is 3. The highest BCUT2D eigenvalue weighted by molar-refractivity contribution is 6.00. The normalized spacial score (nSPS) is 15.5. The Kier molecular flexibility index (Phi) is 5.41. The Morgan fingerprint density at radius 1 is 1.07 bits per heavy atom. The summed E-state index contributed by atoms with van der Waals surface area (Å²) >= 11 is 0. The monoisotopic (exact) mass is 413 g/mol. The minimum absolute atomic E-state index is 0.106. The molecule has 1 aliphatic carbocycles. The van der Waals surface area contributed by atoms with Crippen LogP contribution in [0.1, 0.15) is 42.1 Å². The van der Waals surface area contributed by atoms with Crippen molar-refractivity contribution in [2.45, 2.75) is 38.4 Å². The van der Waals surface area contributed by atoms with Crippen molar-refractivity contribution in [3.05, 3.63) is 71.8 Å². The summed E-state index contributed by atoms with van der Waals surface area (Å²) in [7, 11) is 0. The highest BCUT2D eigenvalue weighted by Gasteiger charge is 2.30. The first kappa shape index (κ1) is 20.3. The zero-order valence-electron chi connectivity index (χ0n) is 16.5. The molecule has 156 valence electrons. The predicted molar refractivity (Wildman–Crippen MR) is 110 cm³/mol. The fourth-order valence-corrected chi connectivity index (χ4v) is 3.67. The van der Waals surface area contributed by atoms with Crippen LogP contribution in [-0.4, -0.2) is 11.9 Å². The smallest absolute Gasteiger partial charge is 0.416 e. The Hall–Kier alpha value is -3.02. The Labute approximate surface area is 172 Å². The number of benzene rings is 3. The van der Waals surface area contributed by atoms with Crippen LogP contribution < -0.4 is 10.1 Å². The molecule has 1 aliphatic rings. The van der Waals surface area contributed by atoms with Crippen LogP contribution in [-0.2, 0) is 6.18 Å². The van der Waals surface area contributed by atoms with Gasteiger partial charge in [-0.2, -0.15) is 13.2 Å². The van der Waals surface area contributed by atoms with E-state index in [0.29, 0.717) is 23.0 Å². The van der Waals surface area contributed by atoms with Crippen molar-refractivity contribution in [2.24, 2.45) is 5.92 Å². The third-order valence-corrected chi connectivity index (χ3v) is 5.73. The van der Waals surface area contributed by atoms with Crippen LogP contribution >= 0.6 is 0 Å². The maximum absolute atomic E-state index is 12.7. The van der Waals surface area contributed by atoms with Gasteiger partial charge in [0.1, 0.15) is 11.5 Å². The Balaban J connectivity index is 1.53. The summed E-state index contributed by atoms with van der Waals surface area (Å²) in [5, 5.41) is 4.67. The van der Waals surface area contributed by atoms with E-state index < -0.39 is 11.7 Å². The lowest BCUT2D eigenvalue weighted by Crippen LogP contribution is -2.40. The van der Waals surface area contributed by atoms with Crippen molar-refractivity contribution in [2.75, 3.05) is 0 Å². The number of carbonyl (C=O) groups excluding carboxylic acids is 1. The third-order valence-electron chi connectivity index (χ3n) is 5.73. The summed E-state index contributed by atoms with van der Waals surface area (Å²) in [4.78, 5) is 12.6. The van der Waals surface area contributed by atoms with Gasteiger partial charge >= 0.3 is 6.18 Å². The second-order valence-electron chi connectivity index (χ2n) is 7.77. The van der Waals surface area contributed by atoms with Gasteiger partial charge in [-0.05, 0) is 79.6 Å². The highest BCUT2D eigenvalue weighted by Crippen LogP contribution is 2.34. The quantitative estimate of drug-likeness (QED) is 0.514. The summed E-state index contributed by atoms with van der Waals surface area (Å²) in [5.74, 6) is 1.28. The van der Waals surface area contributed by atoms with Crippen LogP contribution in [0.25, 0.3) is 10.8 Å². The molecule has 3 aromatic rings. The molecular weight excluding hydrogens is 391 g/mol. The van der Waals surface area contributed by atoms with Gasteiger partial charge < -0.3 is 10.1 Å². The van der Waals surface area contributed by atoms with Gasteiger partial charge in [-0.25, -0.2) is 0 Å². The predicted octanol–water partition coefficient (Wildman–Crippen LogP) is 6.57. The topological polar surface area (TPSA) is 38.3 Å². The largest absolute Gasteiger partial charge is 0.457 e. The molecule has 0 unspecified atom stereocenters. The van der Waals surface area contributed by atoms with Gasteiger partial charge in [0.15, 0.2) is 0 Å². The molecule has 0 aliphatic heterocycles. The van der Waals surface area contributed by atoms with Crippen molar-refractivity contribution in [3.8, 4) is 11.5 Å². The molecule has 1 amide bonds. The van der Waals surface area contributed by atoms with E-state index in [1.807, 2.05) is 13.0 Å². The summed E-state index contributed by atoms with van der Waals surface area (Å²) < 4.78 is 44.0. The number of hydrogen-bond donors (Lipinski definition) is 1. The van der Waals surface area contributed by atoms with Gasteiger partial charge in [0.05, 0.1) is 5.56 Å². The van der Waals surface area contributed by atoms with Crippen LogP contribution in [0.3, 0.4) is 0 Å². The number of nitrogens with one attached hydrogen (secondary N) is 1. The van der Waals surface area contributed by atoms with Crippen molar-refractivity contribution >= 4 is 16.7 Å². The van der Waals surface area contributed by atoms with E-state index in [-0.39, 0.29) is 11.9 Å². The highest BCUT2D eigenvalue weighted by atomic mass is 19.4. The Morgan fingerprint density at radius 3 is 2.43 bits per heavy atom. The van der Waals surface area contributed by atoms with E-state index >= 15 is 0 Å². The maximum Gasteiger partial charge on any atom is 0.416 e. The SMILES string of the molecule is C[C@H](NC(=O)c1ccc2c(Oc3ccc(C(F)(F)F)cc3)cccc2c1)C1CCC1. The van der Waals surface area contributed by atoms with Crippen LogP contribution in [0.4, 0.5) is 13.2 Å². The van der Waals surface area contributed by atoms with E-state index in [1.54, 1.807) is 30.3 Å². The molecule has 0 spiro atoms. The van der Waals surface area contributed by atoms with Gasteiger partial charge in [-0.3, -0.25) is 4.79 Å². The summed E-state index contributed by atoms with van der Waals surface area (Å²) in [6, 6.07) is 15.5. The molecular formula is C24H22F3NO2. The van der Waals surface area contributed by atoms with Crippen molar-refractivity contribution in [3.63, 3.8) is 0 Å². The average Bonchev–Trinajstić information content (AvgIpc) is 2.66. The second kappa shape index (κ2) is 8.01. The number of amides is 1. The van der Waals surface area contributed by atoms with Crippen LogP contribution in [0.2, 0.25) is 0 Å². The van der Waals surface area contributed by atoms with E-state index in [9.17, 15) is 18.0 Å². The molecule has 6 heteroatoms. The van der Waals surface area contributed by atoms with Crippen molar-refractivity contribution < 1.29 is 22.7 Å². The first-order chi connectivity index (χ1) is 14.3. The van der Waals surface area contributed by atoms with Gasteiger partial charge in [-0.15, -0.1) is 0 Å². The second-order valence-corrected chi connectivity index (χ2v) is 7.77. The number of halogens is 3. The molecule has 30 heavy (non-hydrogen) atoms. The lowest BCUT2D eigenvalue weighted by molar-refractivity contribution is -0.137. The zero-order chi connectivity index (χ0) is 21.3. The lowest BCUT2D eigenvalue weighted by atomic mass is 9.80. The molecule has 3 aromatic carbocycles. The molecule has 0 aromatic heterocycles. The molecule has 0 heterocycles. The van der Waals surface area contributed by atoms with E-state index in [2.05, 4.69) is 5.32 Å². The number of ether oxygens (including phenoxy) is 1. The first-order valence-corrected chi connectivity index (χ1v) is 10.00. The number of hydrogen-bond acceptors (Lipinski definition) is 2. The van der Waals surface area contributed by atoms with Crippen molar-refractivity contribution in [1.29, 1.82) is 0 Å². The standard InChI is InChI=1S/C24H22F3NO2/c1-15(16-4-2-5-16)28-23(29)18-8-13-21-17(14-18)6-3-7-22(21)30-20-11-9-19(10-12-20)24(25,26)27/h3,6-16H,2,4-5H2,1H3,(H,28,29)/t15-/m0/s1. The molecule has 1 saturated carbocycles. The minimum atomic E-state index is -4.38. The molecule has 0 bridgehead atoms. The average molecular weight is 413 g/mol. The molecule has 3 nitrogen and oxygen atoms in total. The number of carbonyl (C=O) groups is 1. The Bertz CT molecular complexity index is 1060. The molecule has 1 atom stereocenters. The van der Waals surface area contributed by atoms with Gasteiger partial charge in [-0.1, -0.05) is 18.6 Å². The fourth-order valence-electron chi connectivity index (χ4n) is 3.67. The third kappa shape index (κ3) is 4.27. The van der Waals surface area contributed by atoms with E-state index in [1.165, 1.54) is 18.6 Å². The number of fused-ring (bicyclic) bond motifs is 1. The van der Waals surface area contributed by atoms with Crippen LogP contribution in [0.15, 0.2) is 60.7 Å². The maximum atomic E-state index is 12.7. The van der Waals surface area contributed by atoms with E-state index in [4.69, 9.17) is 4.74 Å². The van der Waals surface area contributed by atoms with Crippen molar-refractivity contribution in [1.82, 2.24) is 5.32 Å². The minimum Gasteiger partial charge on any atom is -0.457 e.